The van der Waals surface area contributed by atoms with Gasteiger partial charge in [-0.25, -0.2) is 0 Å². The number of benzene rings is 3. The SMILES string of the molecule is C[C@H](NC(=O)c1ccccc1NC(=O)c1cccc(I)c1)c1ccccc1. The molecule has 0 spiro atoms. The summed E-state index contributed by atoms with van der Waals surface area (Å²) in [5, 5.41) is 5.83. The smallest absolute Gasteiger partial charge is 0.255 e. The Balaban J connectivity index is 1.77. The van der Waals surface area contributed by atoms with E-state index in [9.17, 15) is 9.59 Å². The van der Waals surface area contributed by atoms with Crippen LogP contribution < -0.4 is 10.6 Å². The minimum atomic E-state index is -0.245. The number of carbonyl (C=O) groups is 2. The second-order valence-corrected chi connectivity index (χ2v) is 7.36. The first-order valence-electron chi connectivity index (χ1n) is 8.56. The van der Waals surface area contributed by atoms with E-state index in [1.807, 2.05) is 49.4 Å². The molecule has 27 heavy (non-hydrogen) atoms. The topological polar surface area (TPSA) is 58.2 Å². The Hall–Kier alpha value is -2.67. The van der Waals surface area contributed by atoms with Crippen LogP contribution in [0, 0.1) is 3.57 Å². The molecule has 0 bridgehead atoms. The number of carbonyl (C=O) groups excluding carboxylic acids is 2. The highest BCUT2D eigenvalue weighted by atomic mass is 127. The van der Waals surface area contributed by atoms with Crippen molar-refractivity contribution in [3.63, 3.8) is 0 Å². The van der Waals surface area contributed by atoms with Gasteiger partial charge in [-0.3, -0.25) is 9.59 Å². The minimum absolute atomic E-state index is 0.141. The fraction of sp³-hybridized carbons (Fsp3) is 0.0909. The summed E-state index contributed by atoms with van der Waals surface area (Å²) in [5.74, 6) is -0.477. The number of hydrogen-bond acceptors (Lipinski definition) is 2. The lowest BCUT2D eigenvalue weighted by Gasteiger charge is -2.16. The fourth-order valence-corrected chi connectivity index (χ4v) is 3.26. The maximum Gasteiger partial charge on any atom is 0.255 e. The second-order valence-electron chi connectivity index (χ2n) is 6.12. The molecule has 0 aliphatic rings. The Bertz CT molecular complexity index is 957. The second kappa shape index (κ2) is 8.81. The van der Waals surface area contributed by atoms with E-state index in [0.29, 0.717) is 16.8 Å². The molecule has 0 saturated heterocycles. The zero-order valence-electron chi connectivity index (χ0n) is 14.8. The van der Waals surface area contributed by atoms with Crippen LogP contribution in [0.1, 0.15) is 39.2 Å². The number of nitrogens with one attached hydrogen (secondary N) is 2. The van der Waals surface area contributed by atoms with Crippen LogP contribution in [-0.2, 0) is 0 Å². The zero-order valence-corrected chi connectivity index (χ0v) is 16.9. The van der Waals surface area contributed by atoms with Crippen molar-refractivity contribution in [1.29, 1.82) is 0 Å². The van der Waals surface area contributed by atoms with E-state index in [1.165, 1.54) is 0 Å². The lowest BCUT2D eigenvalue weighted by molar-refractivity contribution is 0.0941. The van der Waals surface area contributed by atoms with Gasteiger partial charge in [-0.05, 0) is 65.4 Å². The van der Waals surface area contributed by atoms with Gasteiger partial charge in [-0.1, -0.05) is 48.5 Å². The Labute approximate surface area is 172 Å². The first kappa shape index (κ1) is 19.1. The molecule has 0 aromatic heterocycles. The normalized spacial score (nSPS) is 11.5. The number of para-hydroxylation sites is 1. The van der Waals surface area contributed by atoms with Gasteiger partial charge >= 0.3 is 0 Å². The minimum Gasteiger partial charge on any atom is -0.345 e. The molecule has 0 aliphatic heterocycles. The summed E-state index contributed by atoms with van der Waals surface area (Å²) in [6.07, 6.45) is 0. The molecule has 4 nitrogen and oxygen atoms in total. The summed E-state index contributed by atoms with van der Waals surface area (Å²) in [6.45, 7) is 1.93. The lowest BCUT2D eigenvalue weighted by atomic mass is 10.1. The van der Waals surface area contributed by atoms with Gasteiger partial charge in [0.15, 0.2) is 0 Å². The van der Waals surface area contributed by atoms with Crippen LogP contribution in [0.15, 0.2) is 78.9 Å². The van der Waals surface area contributed by atoms with Crippen LogP contribution in [0.4, 0.5) is 5.69 Å². The largest absolute Gasteiger partial charge is 0.345 e. The van der Waals surface area contributed by atoms with E-state index in [-0.39, 0.29) is 17.9 Å². The Morgan fingerprint density at radius 2 is 1.56 bits per heavy atom. The highest BCUT2D eigenvalue weighted by Gasteiger charge is 2.16. The number of amides is 2. The van der Waals surface area contributed by atoms with Gasteiger partial charge in [0.2, 0.25) is 0 Å². The van der Waals surface area contributed by atoms with Gasteiger partial charge in [0.25, 0.3) is 11.8 Å². The molecule has 0 aliphatic carbocycles. The fourth-order valence-electron chi connectivity index (χ4n) is 2.71. The maximum atomic E-state index is 12.8. The van der Waals surface area contributed by atoms with Crippen LogP contribution in [0.25, 0.3) is 0 Å². The molecule has 3 aromatic carbocycles. The third kappa shape index (κ3) is 4.95. The summed E-state index contributed by atoms with van der Waals surface area (Å²) in [7, 11) is 0. The van der Waals surface area contributed by atoms with Crippen molar-refractivity contribution in [3.05, 3.63) is 99.1 Å². The number of hydrogen-bond donors (Lipinski definition) is 2. The van der Waals surface area contributed by atoms with Gasteiger partial charge in [0, 0.05) is 9.13 Å². The Morgan fingerprint density at radius 1 is 0.852 bits per heavy atom. The first-order valence-corrected chi connectivity index (χ1v) is 9.64. The lowest BCUT2D eigenvalue weighted by Crippen LogP contribution is -2.28. The van der Waals surface area contributed by atoms with Crippen molar-refractivity contribution in [2.24, 2.45) is 0 Å². The van der Waals surface area contributed by atoms with E-state index in [2.05, 4.69) is 33.2 Å². The molecule has 2 N–H and O–H groups in total. The molecule has 5 heteroatoms. The van der Waals surface area contributed by atoms with Gasteiger partial charge < -0.3 is 10.6 Å². The average molecular weight is 470 g/mol. The highest BCUT2D eigenvalue weighted by molar-refractivity contribution is 14.1. The van der Waals surface area contributed by atoms with E-state index < -0.39 is 0 Å². The summed E-state index contributed by atoms with van der Waals surface area (Å²) < 4.78 is 0.975. The van der Waals surface area contributed by atoms with Crippen LogP contribution >= 0.6 is 22.6 Å². The molecule has 0 unspecified atom stereocenters. The van der Waals surface area contributed by atoms with Gasteiger partial charge in [-0.15, -0.1) is 0 Å². The highest BCUT2D eigenvalue weighted by Crippen LogP contribution is 2.19. The molecule has 0 heterocycles. The van der Waals surface area contributed by atoms with Crippen molar-refractivity contribution < 1.29 is 9.59 Å². The maximum absolute atomic E-state index is 12.8. The molecular weight excluding hydrogens is 451 g/mol. The Morgan fingerprint density at radius 3 is 2.30 bits per heavy atom. The third-order valence-electron chi connectivity index (χ3n) is 4.15. The van der Waals surface area contributed by atoms with Gasteiger partial charge in [0.05, 0.1) is 17.3 Å². The molecular formula is C22H19IN2O2. The van der Waals surface area contributed by atoms with Crippen molar-refractivity contribution in [3.8, 4) is 0 Å². The molecule has 3 aromatic rings. The predicted molar refractivity (Wildman–Crippen MR) is 116 cm³/mol. The molecule has 0 radical (unpaired) electrons. The van der Waals surface area contributed by atoms with E-state index >= 15 is 0 Å². The van der Waals surface area contributed by atoms with E-state index in [4.69, 9.17) is 0 Å². The van der Waals surface area contributed by atoms with E-state index in [1.54, 1.807) is 36.4 Å². The molecule has 0 fully saturated rings. The van der Waals surface area contributed by atoms with Crippen molar-refractivity contribution in [2.75, 3.05) is 5.32 Å². The van der Waals surface area contributed by atoms with Crippen LogP contribution in [-0.4, -0.2) is 11.8 Å². The van der Waals surface area contributed by atoms with Crippen molar-refractivity contribution in [2.45, 2.75) is 13.0 Å². The Kier molecular flexibility index (Phi) is 6.24. The molecule has 2 amide bonds. The number of anilines is 1. The van der Waals surface area contributed by atoms with Crippen LogP contribution in [0.2, 0.25) is 0 Å². The standard InChI is InChI=1S/C22H19IN2O2/c1-15(16-8-3-2-4-9-16)24-22(27)19-12-5-6-13-20(19)25-21(26)17-10-7-11-18(23)14-17/h2-15H,1H3,(H,24,27)(H,25,26)/t15-/m0/s1. The van der Waals surface area contributed by atoms with Gasteiger partial charge in [0.1, 0.15) is 0 Å². The molecule has 136 valence electrons. The zero-order chi connectivity index (χ0) is 19.2. The van der Waals surface area contributed by atoms with E-state index in [0.717, 1.165) is 9.13 Å². The quantitative estimate of drug-likeness (QED) is 0.514. The van der Waals surface area contributed by atoms with Gasteiger partial charge in [-0.2, -0.15) is 0 Å². The van der Waals surface area contributed by atoms with Crippen LogP contribution in [0.3, 0.4) is 0 Å². The monoisotopic (exact) mass is 470 g/mol. The number of rotatable bonds is 5. The molecule has 1 atom stereocenters. The predicted octanol–water partition coefficient (Wildman–Crippen LogP) is 5.03. The summed E-state index contributed by atoms with van der Waals surface area (Å²) >= 11 is 2.16. The number of halogens is 1. The first-order chi connectivity index (χ1) is 13.0. The van der Waals surface area contributed by atoms with Crippen LogP contribution in [0.5, 0.6) is 0 Å². The van der Waals surface area contributed by atoms with Crippen molar-refractivity contribution >= 4 is 40.1 Å². The summed E-state index contributed by atoms with van der Waals surface area (Å²) in [4.78, 5) is 25.3. The third-order valence-corrected chi connectivity index (χ3v) is 4.82. The summed E-state index contributed by atoms with van der Waals surface area (Å²) in [5.41, 5.74) is 2.49. The molecule has 3 rings (SSSR count). The average Bonchev–Trinajstić information content (AvgIpc) is 2.69. The van der Waals surface area contributed by atoms with Crippen molar-refractivity contribution in [1.82, 2.24) is 5.32 Å². The molecule has 0 saturated carbocycles. The summed E-state index contributed by atoms with van der Waals surface area (Å²) in [6, 6.07) is 23.9.